The van der Waals surface area contributed by atoms with E-state index in [-0.39, 0.29) is 0 Å². The van der Waals surface area contributed by atoms with Crippen LogP contribution in [0.25, 0.3) is 0 Å². The van der Waals surface area contributed by atoms with Gasteiger partial charge in [0, 0.05) is 6.42 Å². The topological polar surface area (TPSA) is 52.6 Å². The third-order valence-corrected chi connectivity index (χ3v) is 1.12. The molecule has 4 nitrogen and oxygen atoms in total. The van der Waals surface area contributed by atoms with Gasteiger partial charge in [-0.15, -0.1) is 0 Å². The van der Waals surface area contributed by atoms with E-state index in [0.717, 1.165) is 0 Å². The lowest BCUT2D eigenvalue weighted by Gasteiger charge is -1.88. The van der Waals surface area contributed by atoms with E-state index in [1.165, 1.54) is 6.26 Å². The maximum absolute atomic E-state index is 10.3. The largest absolute Gasteiger partial charge is 0.518 e. The fraction of sp³-hybridized carbons (Fsp3) is 0.400. The average molecular weight is 162 g/mol. The van der Waals surface area contributed by atoms with Gasteiger partial charge >= 0.3 is 5.82 Å². The number of hydrogen-bond acceptors (Lipinski definition) is 5. The van der Waals surface area contributed by atoms with E-state index < -0.39 is 5.82 Å². The van der Waals surface area contributed by atoms with Gasteiger partial charge in [-0.25, -0.2) is 4.79 Å². The summed E-state index contributed by atoms with van der Waals surface area (Å²) in [5, 5.41) is 0. The first-order valence-electron chi connectivity index (χ1n) is 2.67. The van der Waals surface area contributed by atoms with Crippen LogP contribution in [0.15, 0.2) is 19.9 Å². The van der Waals surface area contributed by atoms with Crippen LogP contribution in [0.1, 0.15) is 5.76 Å². The molecule has 0 amide bonds. The van der Waals surface area contributed by atoms with Crippen LogP contribution in [0.3, 0.4) is 0 Å². The zero-order valence-corrected chi connectivity index (χ0v) is 5.97. The first-order valence-corrected chi connectivity index (χ1v) is 3.03. The van der Waals surface area contributed by atoms with Crippen LogP contribution in [0.2, 0.25) is 0 Å². The Bertz CT molecular complexity index is 238. The van der Waals surface area contributed by atoms with E-state index in [9.17, 15) is 4.79 Å². The molecule has 0 radical (unpaired) electrons. The van der Waals surface area contributed by atoms with Crippen molar-refractivity contribution >= 4 is 12.9 Å². The summed E-state index contributed by atoms with van der Waals surface area (Å²) < 4.78 is 13.4. The molecule has 1 rings (SSSR count). The minimum atomic E-state index is -0.686. The molecule has 0 atom stereocenters. The summed E-state index contributed by atoms with van der Waals surface area (Å²) in [6, 6.07) is 0. The van der Waals surface area contributed by atoms with Gasteiger partial charge in [0.25, 0.3) is 0 Å². The van der Waals surface area contributed by atoms with Gasteiger partial charge in [0.15, 0.2) is 0 Å². The summed E-state index contributed by atoms with van der Waals surface area (Å²) in [6.45, 7) is 0.394. The van der Waals surface area contributed by atoms with Crippen molar-refractivity contribution in [3.8, 4) is 0 Å². The zero-order valence-electron chi connectivity index (χ0n) is 5.07. The van der Waals surface area contributed by atoms with Crippen molar-refractivity contribution in [2.24, 2.45) is 0 Å². The predicted octanol–water partition coefficient (Wildman–Crippen LogP) is 0.637. The highest BCUT2D eigenvalue weighted by molar-refractivity contribution is 7.75. The number of thiol groups is 1. The molecule has 0 saturated carbocycles. The molecule has 0 aromatic carbocycles. The molecule has 56 valence electrons. The van der Waals surface area contributed by atoms with Gasteiger partial charge in [-0.05, 0) is 12.9 Å². The van der Waals surface area contributed by atoms with Crippen molar-refractivity contribution in [2.45, 2.75) is 6.42 Å². The molecule has 0 fully saturated rings. The molecular weight excluding hydrogens is 156 g/mol. The van der Waals surface area contributed by atoms with Crippen LogP contribution >= 0.6 is 12.9 Å². The van der Waals surface area contributed by atoms with Gasteiger partial charge in [-0.2, -0.15) is 0 Å². The van der Waals surface area contributed by atoms with Gasteiger partial charge in [0.05, 0.1) is 6.61 Å². The van der Waals surface area contributed by atoms with Crippen LogP contribution in [0, 0.1) is 0 Å². The molecular formula is C5H6O4S. The SMILES string of the molecule is O=c1occ(CCOS)o1. The van der Waals surface area contributed by atoms with Crippen molar-refractivity contribution in [2.75, 3.05) is 6.61 Å². The first kappa shape index (κ1) is 7.43. The van der Waals surface area contributed by atoms with E-state index >= 15 is 0 Å². The fourth-order valence-electron chi connectivity index (χ4n) is 0.525. The Morgan fingerprint density at radius 3 is 3.00 bits per heavy atom. The summed E-state index contributed by atoms with van der Waals surface area (Å²) in [5.41, 5.74) is 0. The Balaban J connectivity index is 2.50. The molecule has 5 heteroatoms. The lowest BCUT2D eigenvalue weighted by molar-refractivity contribution is 0.344. The Labute approximate surface area is 62.4 Å². The molecule has 0 saturated heterocycles. The maximum atomic E-state index is 10.3. The molecule has 0 aliphatic heterocycles. The Kier molecular flexibility index (Phi) is 2.58. The lowest BCUT2D eigenvalue weighted by Crippen LogP contribution is -1.91. The smallest absolute Gasteiger partial charge is 0.399 e. The summed E-state index contributed by atoms with van der Waals surface area (Å²) >= 11 is 3.51. The van der Waals surface area contributed by atoms with E-state index in [2.05, 4.69) is 25.9 Å². The Morgan fingerprint density at radius 2 is 2.50 bits per heavy atom. The minimum Gasteiger partial charge on any atom is -0.399 e. The second-order valence-electron chi connectivity index (χ2n) is 1.64. The molecule has 0 bridgehead atoms. The van der Waals surface area contributed by atoms with E-state index in [4.69, 9.17) is 0 Å². The van der Waals surface area contributed by atoms with Gasteiger partial charge in [0.1, 0.15) is 12.0 Å². The van der Waals surface area contributed by atoms with Gasteiger partial charge in [-0.1, -0.05) is 0 Å². The summed E-state index contributed by atoms with van der Waals surface area (Å²) in [6.07, 6.45) is 1.75. The minimum absolute atomic E-state index is 0.394. The van der Waals surface area contributed by atoms with Crippen molar-refractivity contribution in [1.29, 1.82) is 0 Å². The molecule has 0 unspecified atom stereocenters. The molecule has 1 aromatic rings. The average Bonchev–Trinajstić information content (AvgIpc) is 2.31. The molecule has 10 heavy (non-hydrogen) atoms. The second-order valence-corrected chi connectivity index (χ2v) is 1.90. The summed E-state index contributed by atoms with van der Waals surface area (Å²) in [5.74, 6) is -0.215. The number of rotatable bonds is 3. The quantitative estimate of drug-likeness (QED) is 0.523. The fourth-order valence-corrected chi connectivity index (χ4v) is 0.616. The standard InChI is InChI=1S/C5H6O4S/c6-5-7-3-4(9-5)1-2-8-10/h3,10H,1-2H2. The third-order valence-electron chi connectivity index (χ3n) is 0.941. The number of hydrogen-bond donors (Lipinski definition) is 1. The van der Waals surface area contributed by atoms with Crippen LogP contribution < -0.4 is 5.82 Å². The monoisotopic (exact) mass is 162 g/mol. The van der Waals surface area contributed by atoms with Crippen LogP contribution in [-0.4, -0.2) is 6.61 Å². The zero-order chi connectivity index (χ0) is 7.40. The molecule has 0 aliphatic carbocycles. The molecule has 0 aliphatic rings. The Hall–Kier alpha value is -0.680. The third kappa shape index (κ3) is 1.93. The molecule has 0 spiro atoms. The highest BCUT2D eigenvalue weighted by atomic mass is 32.1. The summed E-state index contributed by atoms with van der Waals surface area (Å²) in [7, 11) is 0. The van der Waals surface area contributed by atoms with E-state index in [1.54, 1.807) is 0 Å². The molecule has 0 N–H and O–H groups in total. The normalized spacial score (nSPS) is 10.1. The Morgan fingerprint density at radius 1 is 1.70 bits per heavy atom. The van der Waals surface area contributed by atoms with Crippen LogP contribution in [0.4, 0.5) is 0 Å². The van der Waals surface area contributed by atoms with Crippen molar-refractivity contribution < 1.29 is 13.0 Å². The van der Waals surface area contributed by atoms with Crippen molar-refractivity contribution in [3.63, 3.8) is 0 Å². The van der Waals surface area contributed by atoms with Gasteiger partial charge in [-0.3, -0.25) is 0 Å². The van der Waals surface area contributed by atoms with Crippen molar-refractivity contribution in [3.05, 3.63) is 22.6 Å². The second kappa shape index (κ2) is 3.48. The maximum Gasteiger partial charge on any atom is 0.518 e. The van der Waals surface area contributed by atoms with Crippen LogP contribution in [0.5, 0.6) is 0 Å². The van der Waals surface area contributed by atoms with Crippen molar-refractivity contribution in [1.82, 2.24) is 0 Å². The lowest BCUT2D eigenvalue weighted by atomic mass is 10.4. The van der Waals surface area contributed by atoms with Gasteiger partial charge in [0.2, 0.25) is 0 Å². The summed E-state index contributed by atoms with van der Waals surface area (Å²) in [4.78, 5) is 10.3. The highest BCUT2D eigenvalue weighted by Crippen LogP contribution is 1.96. The van der Waals surface area contributed by atoms with E-state index in [1.807, 2.05) is 0 Å². The van der Waals surface area contributed by atoms with E-state index in [0.29, 0.717) is 18.8 Å². The highest BCUT2D eigenvalue weighted by Gasteiger charge is 1.98. The van der Waals surface area contributed by atoms with Gasteiger partial charge < -0.3 is 13.0 Å². The first-order chi connectivity index (χ1) is 4.83. The molecule has 1 heterocycles. The van der Waals surface area contributed by atoms with Crippen LogP contribution in [-0.2, 0) is 10.6 Å². The molecule has 1 aromatic heterocycles. The predicted molar refractivity (Wildman–Crippen MR) is 35.9 cm³/mol.